The van der Waals surface area contributed by atoms with Gasteiger partial charge in [-0.05, 0) is 55.8 Å². The molecule has 0 fully saturated rings. The zero-order chi connectivity index (χ0) is 21.3. The fourth-order valence-corrected chi connectivity index (χ4v) is 3.89. The third kappa shape index (κ3) is 4.15. The Hall–Kier alpha value is -2.96. The van der Waals surface area contributed by atoms with E-state index in [1.54, 1.807) is 30.5 Å². The number of aromatic nitrogens is 1. The minimum atomic E-state index is -0.223. The summed E-state index contributed by atoms with van der Waals surface area (Å²) in [6.45, 7) is 4.15. The van der Waals surface area contributed by atoms with Crippen molar-refractivity contribution < 1.29 is 14.3 Å². The highest BCUT2D eigenvalue weighted by molar-refractivity contribution is 6.35. The minimum absolute atomic E-state index is 0.188. The van der Waals surface area contributed by atoms with Gasteiger partial charge in [-0.3, -0.25) is 4.79 Å². The van der Waals surface area contributed by atoms with Crippen molar-refractivity contribution >= 4 is 35.3 Å². The number of hydrogen-bond donors (Lipinski definition) is 1. The van der Waals surface area contributed by atoms with E-state index in [-0.39, 0.29) is 19.1 Å². The molecule has 4 rings (SSSR count). The quantitative estimate of drug-likeness (QED) is 0.453. The summed E-state index contributed by atoms with van der Waals surface area (Å²) in [4.78, 5) is 12.2. The van der Waals surface area contributed by atoms with Gasteiger partial charge < -0.3 is 14.0 Å². The van der Waals surface area contributed by atoms with E-state index < -0.39 is 0 Å². The van der Waals surface area contributed by atoms with Gasteiger partial charge in [0.05, 0.1) is 23.3 Å². The Kier molecular flexibility index (Phi) is 5.70. The average Bonchev–Trinajstić information content (AvgIpc) is 3.26. The molecule has 2 heterocycles. The molecule has 8 heteroatoms. The van der Waals surface area contributed by atoms with Crippen LogP contribution in [0.15, 0.2) is 47.6 Å². The van der Waals surface area contributed by atoms with Crippen molar-refractivity contribution in [3.05, 3.63) is 75.0 Å². The Bertz CT molecular complexity index is 1150. The summed E-state index contributed by atoms with van der Waals surface area (Å²) in [5.74, 6) is 1.12. The summed E-state index contributed by atoms with van der Waals surface area (Å²) < 4.78 is 12.6. The number of nitrogens with zero attached hydrogens (tertiary/aromatic N) is 2. The van der Waals surface area contributed by atoms with Gasteiger partial charge in [-0.25, -0.2) is 5.43 Å². The van der Waals surface area contributed by atoms with Gasteiger partial charge in [-0.15, -0.1) is 0 Å². The van der Waals surface area contributed by atoms with E-state index in [1.807, 2.05) is 36.6 Å². The minimum Gasteiger partial charge on any atom is -0.454 e. The van der Waals surface area contributed by atoms with Gasteiger partial charge in [0.25, 0.3) is 0 Å². The molecule has 0 unspecified atom stereocenters. The molecule has 0 atom stereocenters. The normalized spacial score (nSPS) is 12.5. The smallest absolute Gasteiger partial charge is 0.244 e. The number of benzene rings is 2. The molecule has 1 aliphatic rings. The number of hydrogen-bond acceptors (Lipinski definition) is 4. The van der Waals surface area contributed by atoms with E-state index in [4.69, 9.17) is 32.7 Å². The Morgan fingerprint density at radius 2 is 1.93 bits per heavy atom. The molecule has 3 aromatic rings. The van der Waals surface area contributed by atoms with Gasteiger partial charge >= 0.3 is 0 Å². The van der Waals surface area contributed by atoms with Crippen LogP contribution in [-0.4, -0.2) is 23.5 Å². The van der Waals surface area contributed by atoms with Crippen LogP contribution in [0, 0.1) is 13.8 Å². The van der Waals surface area contributed by atoms with Gasteiger partial charge in [0.1, 0.15) is 0 Å². The first-order valence-corrected chi connectivity index (χ1v) is 10.0. The molecular formula is C22H19Cl2N3O3. The first-order valence-electron chi connectivity index (χ1n) is 9.27. The van der Waals surface area contributed by atoms with Crippen molar-refractivity contribution in [3.63, 3.8) is 0 Å². The molecule has 0 saturated heterocycles. The molecule has 1 N–H and O–H groups in total. The summed E-state index contributed by atoms with van der Waals surface area (Å²) in [6.07, 6.45) is 1.81. The topological polar surface area (TPSA) is 64.8 Å². The van der Waals surface area contributed by atoms with Gasteiger partial charge in [-0.1, -0.05) is 29.3 Å². The van der Waals surface area contributed by atoms with E-state index in [0.29, 0.717) is 21.5 Å². The molecule has 1 aliphatic heterocycles. The second kappa shape index (κ2) is 8.42. The largest absolute Gasteiger partial charge is 0.454 e. The Morgan fingerprint density at radius 1 is 1.13 bits per heavy atom. The fraction of sp³-hybridized carbons (Fsp3) is 0.182. The van der Waals surface area contributed by atoms with E-state index in [2.05, 4.69) is 10.5 Å². The first kappa shape index (κ1) is 20.3. The molecule has 2 aromatic carbocycles. The maximum Gasteiger partial charge on any atom is 0.244 e. The molecule has 0 spiro atoms. The Balaban J connectivity index is 1.45. The third-order valence-corrected chi connectivity index (χ3v) is 5.35. The summed E-state index contributed by atoms with van der Waals surface area (Å²) >= 11 is 12.4. The van der Waals surface area contributed by atoms with Crippen molar-refractivity contribution in [2.45, 2.75) is 20.3 Å². The van der Waals surface area contributed by atoms with Gasteiger partial charge in [0.15, 0.2) is 11.5 Å². The molecule has 0 saturated carbocycles. The van der Waals surface area contributed by atoms with E-state index in [1.165, 1.54) is 0 Å². The summed E-state index contributed by atoms with van der Waals surface area (Å²) in [5.41, 5.74) is 7.04. The molecule has 1 aromatic heterocycles. The number of fused-ring (bicyclic) bond motifs is 1. The molecule has 0 aliphatic carbocycles. The van der Waals surface area contributed by atoms with E-state index >= 15 is 0 Å². The van der Waals surface area contributed by atoms with Crippen molar-refractivity contribution in [1.82, 2.24) is 9.99 Å². The van der Waals surface area contributed by atoms with Crippen LogP contribution in [0.5, 0.6) is 11.5 Å². The van der Waals surface area contributed by atoms with Gasteiger partial charge in [0.2, 0.25) is 12.7 Å². The van der Waals surface area contributed by atoms with Crippen molar-refractivity contribution in [2.75, 3.05) is 6.79 Å². The number of amides is 1. The number of halogens is 2. The highest BCUT2D eigenvalue weighted by Gasteiger charge is 2.15. The van der Waals surface area contributed by atoms with Crippen LogP contribution in [-0.2, 0) is 11.2 Å². The van der Waals surface area contributed by atoms with E-state index in [0.717, 1.165) is 28.2 Å². The van der Waals surface area contributed by atoms with Crippen molar-refractivity contribution in [1.29, 1.82) is 0 Å². The maximum atomic E-state index is 12.2. The van der Waals surface area contributed by atoms with Crippen LogP contribution in [0.4, 0.5) is 0 Å². The summed E-state index contributed by atoms with van der Waals surface area (Å²) in [7, 11) is 0. The summed E-state index contributed by atoms with van der Waals surface area (Å²) in [5, 5.41) is 5.25. The number of nitrogens with one attached hydrogen (secondary N) is 1. The zero-order valence-electron chi connectivity index (χ0n) is 16.4. The van der Waals surface area contributed by atoms with Crippen molar-refractivity contribution in [2.24, 2.45) is 5.10 Å². The lowest BCUT2D eigenvalue weighted by molar-refractivity contribution is -0.120. The van der Waals surface area contributed by atoms with Gasteiger partial charge in [-0.2, -0.15) is 5.10 Å². The van der Waals surface area contributed by atoms with Crippen LogP contribution < -0.4 is 14.9 Å². The highest BCUT2D eigenvalue weighted by Crippen LogP contribution is 2.32. The number of aryl methyl sites for hydroxylation is 1. The standard InChI is InChI=1S/C22H19Cl2N3O3/c1-13-7-16(14(2)27(13)19-5-4-17(23)10-18(19)24)11-25-26-22(28)9-15-3-6-20-21(8-15)30-12-29-20/h3-8,10-11H,9,12H2,1-2H3,(H,26,28)/b25-11-. The molecule has 30 heavy (non-hydrogen) atoms. The fourth-order valence-electron chi connectivity index (χ4n) is 3.40. The number of hydrazone groups is 1. The number of carbonyl (C=O) groups excluding carboxylic acids is 1. The second-order valence-corrected chi connectivity index (χ2v) is 7.76. The second-order valence-electron chi connectivity index (χ2n) is 6.92. The molecule has 0 bridgehead atoms. The monoisotopic (exact) mass is 443 g/mol. The average molecular weight is 444 g/mol. The molecule has 1 amide bonds. The van der Waals surface area contributed by atoms with Crippen molar-refractivity contribution in [3.8, 4) is 17.2 Å². The number of ether oxygens (including phenoxy) is 2. The lowest BCUT2D eigenvalue weighted by Gasteiger charge is -2.11. The Labute approximate surface area is 184 Å². The van der Waals surface area contributed by atoms with E-state index in [9.17, 15) is 4.79 Å². The number of carbonyl (C=O) groups is 1. The van der Waals surface area contributed by atoms with Crippen LogP contribution in [0.2, 0.25) is 10.0 Å². The van der Waals surface area contributed by atoms with Crippen LogP contribution in [0.3, 0.4) is 0 Å². The predicted molar refractivity (Wildman–Crippen MR) is 117 cm³/mol. The SMILES string of the molecule is Cc1cc(/C=N\NC(=O)Cc2ccc3c(c2)OCO3)c(C)n1-c1ccc(Cl)cc1Cl. The molecule has 6 nitrogen and oxygen atoms in total. The highest BCUT2D eigenvalue weighted by atomic mass is 35.5. The number of rotatable bonds is 5. The lowest BCUT2D eigenvalue weighted by Crippen LogP contribution is -2.19. The zero-order valence-corrected chi connectivity index (χ0v) is 17.9. The molecular weight excluding hydrogens is 425 g/mol. The first-order chi connectivity index (χ1) is 14.4. The molecule has 154 valence electrons. The van der Waals surface area contributed by atoms with Crippen LogP contribution in [0.1, 0.15) is 22.5 Å². The molecule has 0 radical (unpaired) electrons. The van der Waals surface area contributed by atoms with Gasteiger partial charge in [0, 0.05) is 22.0 Å². The maximum absolute atomic E-state index is 12.2. The predicted octanol–water partition coefficient (Wildman–Crippen LogP) is 4.82. The lowest BCUT2D eigenvalue weighted by atomic mass is 10.1. The Morgan fingerprint density at radius 3 is 2.73 bits per heavy atom. The van der Waals surface area contributed by atoms with Crippen LogP contribution >= 0.6 is 23.2 Å². The third-order valence-electron chi connectivity index (χ3n) is 4.82. The van der Waals surface area contributed by atoms with Crippen LogP contribution in [0.25, 0.3) is 5.69 Å². The summed E-state index contributed by atoms with van der Waals surface area (Å²) in [6, 6.07) is 12.8.